The number of methoxy groups -OCH3 is 1. The van der Waals surface area contributed by atoms with Gasteiger partial charge in [0.2, 0.25) is 0 Å². The fraction of sp³-hybridized carbons (Fsp3) is 0.562. The lowest BCUT2D eigenvalue weighted by atomic mass is 9.89. The standard InChI is InChI=1S/C16H24N2O3/c1-20-16(19)13-8-9-14(15(10-13)18-21-2)17-11-12-6-4-3-5-7-12/h8-10,12,17-18H,3-7,11H2,1-2H3. The topological polar surface area (TPSA) is 59.6 Å². The monoisotopic (exact) mass is 292 g/mol. The number of benzene rings is 1. The van der Waals surface area contributed by atoms with Gasteiger partial charge in [-0.2, -0.15) is 0 Å². The fourth-order valence-corrected chi connectivity index (χ4v) is 2.78. The minimum Gasteiger partial charge on any atom is -0.465 e. The third-order valence-corrected chi connectivity index (χ3v) is 3.96. The lowest BCUT2D eigenvalue weighted by Crippen LogP contribution is -2.18. The molecule has 1 saturated carbocycles. The molecule has 0 bridgehead atoms. The van der Waals surface area contributed by atoms with E-state index in [-0.39, 0.29) is 5.97 Å². The van der Waals surface area contributed by atoms with Gasteiger partial charge in [-0.05, 0) is 37.0 Å². The zero-order chi connectivity index (χ0) is 15.1. The largest absolute Gasteiger partial charge is 0.465 e. The maximum Gasteiger partial charge on any atom is 0.337 e. The normalized spacial score (nSPS) is 15.5. The average molecular weight is 292 g/mol. The van der Waals surface area contributed by atoms with Gasteiger partial charge >= 0.3 is 5.97 Å². The average Bonchev–Trinajstić information content (AvgIpc) is 2.54. The quantitative estimate of drug-likeness (QED) is 0.621. The first kappa shape index (κ1) is 15.6. The maximum absolute atomic E-state index is 11.6. The highest BCUT2D eigenvalue weighted by molar-refractivity contribution is 5.92. The van der Waals surface area contributed by atoms with Crippen LogP contribution in [0.25, 0.3) is 0 Å². The van der Waals surface area contributed by atoms with Crippen molar-refractivity contribution in [3.8, 4) is 0 Å². The highest BCUT2D eigenvalue weighted by Crippen LogP contribution is 2.27. The zero-order valence-corrected chi connectivity index (χ0v) is 12.8. The van der Waals surface area contributed by atoms with Crippen LogP contribution in [0.3, 0.4) is 0 Å². The Kier molecular flexibility index (Phi) is 5.87. The number of rotatable bonds is 6. The van der Waals surface area contributed by atoms with Crippen LogP contribution in [0.2, 0.25) is 0 Å². The molecule has 0 aromatic heterocycles. The zero-order valence-electron chi connectivity index (χ0n) is 12.8. The molecule has 21 heavy (non-hydrogen) atoms. The highest BCUT2D eigenvalue weighted by Gasteiger charge is 2.15. The minimum atomic E-state index is -0.354. The lowest BCUT2D eigenvalue weighted by molar-refractivity contribution is 0.0601. The van der Waals surface area contributed by atoms with E-state index in [1.54, 1.807) is 19.2 Å². The summed E-state index contributed by atoms with van der Waals surface area (Å²) >= 11 is 0. The van der Waals surface area contributed by atoms with Crippen molar-refractivity contribution in [3.63, 3.8) is 0 Å². The van der Waals surface area contributed by atoms with Crippen molar-refractivity contribution in [3.05, 3.63) is 23.8 Å². The molecule has 2 N–H and O–H groups in total. The van der Waals surface area contributed by atoms with Crippen LogP contribution in [0.15, 0.2) is 18.2 Å². The molecule has 1 aromatic rings. The van der Waals surface area contributed by atoms with Crippen molar-refractivity contribution < 1.29 is 14.4 Å². The molecule has 0 atom stereocenters. The summed E-state index contributed by atoms with van der Waals surface area (Å²) in [7, 11) is 2.93. The van der Waals surface area contributed by atoms with E-state index >= 15 is 0 Å². The summed E-state index contributed by atoms with van der Waals surface area (Å²) in [5, 5.41) is 3.46. The summed E-state index contributed by atoms with van der Waals surface area (Å²) in [4.78, 5) is 16.6. The van der Waals surface area contributed by atoms with Gasteiger partial charge in [-0.1, -0.05) is 19.3 Å². The first-order chi connectivity index (χ1) is 10.2. The Morgan fingerprint density at radius 3 is 2.62 bits per heavy atom. The van der Waals surface area contributed by atoms with Crippen LogP contribution < -0.4 is 10.8 Å². The molecular weight excluding hydrogens is 268 g/mol. The smallest absolute Gasteiger partial charge is 0.337 e. The molecule has 116 valence electrons. The van der Waals surface area contributed by atoms with Gasteiger partial charge < -0.3 is 10.1 Å². The van der Waals surface area contributed by atoms with E-state index < -0.39 is 0 Å². The lowest BCUT2D eigenvalue weighted by Gasteiger charge is -2.23. The van der Waals surface area contributed by atoms with E-state index in [4.69, 9.17) is 9.57 Å². The third kappa shape index (κ3) is 4.36. The summed E-state index contributed by atoms with van der Waals surface area (Å²) in [6.07, 6.45) is 6.61. The van der Waals surface area contributed by atoms with Crippen molar-refractivity contribution in [2.75, 3.05) is 31.6 Å². The van der Waals surface area contributed by atoms with Gasteiger partial charge in [0, 0.05) is 6.54 Å². The number of hydrogen-bond acceptors (Lipinski definition) is 5. The second kappa shape index (κ2) is 7.88. The number of hydrogen-bond donors (Lipinski definition) is 2. The molecule has 0 saturated heterocycles. The van der Waals surface area contributed by atoms with E-state index in [1.165, 1.54) is 39.2 Å². The molecule has 5 heteroatoms. The van der Waals surface area contributed by atoms with E-state index in [0.717, 1.165) is 23.8 Å². The number of carbonyl (C=O) groups excluding carboxylic acids is 1. The summed E-state index contributed by atoms with van der Waals surface area (Å²) in [5.74, 6) is 0.377. The van der Waals surface area contributed by atoms with Crippen LogP contribution in [0.4, 0.5) is 11.4 Å². The first-order valence-corrected chi connectivity index (χ1v) is 7.50. The van der Waals surface area contributed by atoms with Crippen molar-refractivity contribution in [1.82, 2.24) is 0 Å². The van der Waals surface area contributed by atoms with Crippen molar-refractivity contribution >= 4 is 17.3 Å². The molecule has 0 radical (unpaired) electrons. The molecule has 0 spiro atoms. The summed E-state index contributed by atoms with van der Waals surface area (Å²) in [6, 6.07) is 5.38. The minimum absolute atomic E-state index is 0.354. The predicted octanol–water partition coefficient (Wildman–Crippen LogP) is 3.44. The number of esters is 1. The van der Waals surface area contributed by atoms with Gasteiger partial charge in [-0.15, -0.1) is 0 Å². The van der Waals surface area contributed by atoms with Crippen molar-refractivity contribution in [2.45, 2.75) is 32.1 Å². The van der Waals surface area contributed by atoms with Gasteiger partial charge in [0.05, 0.1) is 31.2 Å². The molecule has 0 amide bonds. The van der Waals surface area contributed by atoms with Crippen LogP contribution >= 0.6 is 0 Å². The van der Waals surface area contributed by atoms with Crippen LogP contribution in [0.1, 0.15) is 42.5 Å². The number of anilines is 2. The van der Waals surface area contributed by atoms with Crippen LogP contribution in [0.5, 0.6) is 0 Å². The van der Waals surface area contributed by atoms with E-state index in [1.807, 2.05) is 6.07 Å². The fourth-order valence-electron chi connectivity index (χ4n) is 2.78. The van der Waals surface area contributed by atoms with Gasteiger partial charge in [-0.3, -0.25) is 10.3 Å². The van der Waals surface area contributed by atoms with E-state index in [2.05, 4.69) is 10.8 Å². The number of ether oxygens (including phenoxy) is 1. The predicted molar refractivity (Wildman–Crippen MR) is 83.5 cm³/mol. The molecule has 1 aliphatic carbocycles. The molecule has 0 aliphatic heterocycles. The Balaban J connectivity index is 2.04. The van der Waals surface area contributed by atoms with Crippen LogP contribution in [0, 0.1) is 5.92 Å². The van der Waals surface area contributed by atoms with Crippen molar-refractivity contribution in [2.24, 2.45) is 5.92 Å². The molecule has 1 aliphatic rings. The van der Waals surface area contributed by atoms with Crippen molar-refractivity contribution in [1.29, 1.82) is 0 Å². The highest BCUT2D eigenvalue weighted by atomic mass is 16.6. The van der Waals surface area contributed by atoms with Crippen LogP contribution in [-0.2, 0) is 9.57 Å². The molecular formula is C16H24N2O3. The molecule has 1 fully saturated rings. The number of carbonyl (C=O) groups is 1. The third-order valence-electron chi connectivity index (χ3n) is 3.96. The summed E-state index contributed by atoms with van der Waals surface area (Å²) in [5.41, 5.74) is 5.00. The Morgan fingerprint density at radius 2 is 1.95 bits per heavy atom. The Morgan fingerprint density at radius 1 is 1.19 bits per heavy atom. The molecule has 2 rings (SSSR count). The first-order valence-electron chi connectivity index (χ1n) is 7.50. The Hall–Kier alpha value is -1.75. The summed E-state index contributed by atoms with van der Waals surface area (Å²) in [6.45, 7) is 0.954. The Labute approximate surface area is 126 Å². The second-order valence-corrected chi connectivity index (χ2v) is 5.44. The molecule has 1 aromatic carbocycles. The van der Waals surface area contributed by atoms with Gasteiger partial charge in [0.25, 0.3) is 0 Å². The molecule has 5 nitrogen and oxygen atoms in total. The van der Waals surface area contributed by atoms with E-state index in [9.17, 15) is 4.79 Å². The SMILES string of the molecule is CONc1cc(C(=O)OC)ccc1NCC1CCCCC1. The Bertz CT molecular complexity index is 471. The van der Waals surface area contributed by atoms with Gasteiger partial charge in [0.1, 0.15) is 0 Å². The second-order valence-electron chi connectivity index (χ2n) is 5.44. The number of nitrogens with one attached hydrogen (secondary N) is 2. The molecule has 0 heterocycles. The van der Waals surface area contributed by atoms with Crippen LogP contribution in [-0.4, -0.2) is 26.7 Å². The summed E-state index contributed by atoms with van der Waals surface area (Å²) < 4.78 is 4.74. The molecule has 0 unspecified atom stereocenters. The van der Waals surface area contributed by atoms with Gasteiger partial charge in [0.15, 0.2) is 0 Å². The van der Waals surface area contributed by atoms with Gasteiger partial charge in [-0.25, -0.2) is 4.79 Å². The van der Waals surface area contributed by atoms with E-state index in [0.29, 0.717) is 5.56 Å². The maximum atomic E-state index is 11.6.